The van der Waals surface area contributed by atoms with Gasteiger partial charge in [0.15, 0.2) is 0 Å². The number of hydrogen-bond acceptors (Lipinski definition) is 3. The third-order valence-corrected chi connectivity index (χ3v) is 4.07. The van der Waals surface area contributed by atoms with Crippen molar-refractivity contribution in [1.82, 2.24) is 0 Å². The summed E-state index contributed by atoms with van der Waals surface area (Å²) >= 11 is 0. The Balaban J connectivity index is 1.47. The first-order chi connectivity index (χ1) is 11.9. The second kappa shape index (κ2) is 7.35. The van der Waals surface area contributed by atoms with Crippen LogP contribution in [0, 0.1) is 6.92 Å². The molecule has 0 spiro atoms. The highest BCUT2D eigenvalue weighted by molar-refractivity contribution is 5.40. The van der Waals surface area contributed by atoms with E-state index >= 15 is 0 Å². The molecule has 1 aliphatic carbocycles. The van der Waals surface area contributed by atoms with Crippen LogP contribution in [-0.2, 0) is 11.3 Å². The van der Waals surface area contributed by atoms with Gasteiger partial charge < -0.3 is 14.2 Å². The summed E-state index contributed by atoms with van der Waals surface area (Å²) in [6.07, 6.45) is -3.22. The Hall–Kier alpha value is -2.21. The van der Waals surface area contributed by atoms with Crippen LogP contribution >= 0.6 is 0 Å². The van der Waals surface area contributed by atoms with E-state index in [-0.39, 0.29) is 18.0 Å². The Bertz CT molecular complexity index is 695. The van der Waals surface area contributed by atoms with E-state index in [0.29, 0.717) is 17.9 Å². The largest absolute Gasteiger partial charge is 0.573 e. The lowest BCUT2D eigenvalue weighted by molar-refractivity contribution is -0.274. The maximum atomic E-state index is 12.4. The normalized spacial score (nSPS) is 20.0. The Labute approximate surface area is 144 Å². The molecule has 0 aliphatic heterocycles. The minimum atomic E-state index is -4.71. The number of hydrogen-bond donors (Lipinski definition) is 0. The molecule has 1 saturated carbocycles. The van der Waals surface area contributed by atoms with E-state index < -0.39 is 6.36 Å². The molecule has 25 heavy (non-hydrogen) atoms. The minimum absolute atomic E-state index is 0.0535. The molecule has 3 nitrogen and oxygen atoms in total. The fourth-order valence-corrected chi connectivity index (χ4v) is 2.62. The van der Waals surface area contributed by atoms with Crippen molar-refractivity contribution >= 4 is 0 Å². The van der Waals surface area contributed by atoms with Crippen LogP contribution in [0.15, 0.2) is 48.5 Å². The van der Waals surface area contributed by atoms with Crippen LogP contribution in [0.25, 0.3) is 0 Å². The van der Waals surface area contributed by atoms with Crippen LogP contribution in [0.2, 0.25) is 0 Å². The van der Waals surface area contributed by atoms with Crippen LogP contribution in [0.1, 0.15) is 24.0 Å². The lowest BCUT2D eigenvalue weighted by Gasteiger charge is -2.35. The van der Waals surface area contributed by atoms with Gasteiger partial charge >= 0.3 is 6.36 Å². The maximum Gasteiger partial charge on any atom is 0.573 e. The Morgan fingerprint density at radius 3 is 2.40 bits per heavy atom. The van der Waals surface area contributed by atoms with E-state index in [1.54, 1.807) is 19.1 Å². The molecular formula is C19H19F3O3. The van der Waals surface area contributed by atoms with Crippen molar-refractivity contribution in [1.29, 1.82) is 0 Å². The molecule has 1 fully saturated rings. The van der Waals surface area contributed by atoms with Gasteiger partial charge in [-0.25, -0.2) is 0 Å². The number of aryl methyl sites for hydroxylation is 1. The zero-order chi connectivity index (χ0) is 17.9. The highest BCUT2D eigenvalue weighted by Crippen LogP contribution is 2.33. The first kappa shape index (κ1) is 17.6. The summed E-state index contributed by atoms with van der Waals surface area (Å²) < 4.78 is 52.7. The van der Waals surface area contributed by atoms with Gasteiger partial charge in [-0.05, 0) is 24.1 Å². The van der Waals surface area contributed by atoms with Gasteiger partial charge in [-0.15, -0.1) is 13.2 Å². The Morgan fingerprint density at radius 1 is 1.00 bits per heavy atom. The Kier molecular flexibility index (Phi) is 5.18. The molecule has 2 aromatic carbocycles. The minimum Gasteiger partial charge on any atom is -0.490 e. The smallest absolute Gasteiger partial charge is 0.490 e. The van der Waals surface area contributed by atoms with Gasteiger partial charge in [0.1, 0.15) is 17.6 Å². The lowest BCUT2D eigenvalue weighted by atomic mass is 9.92. The fraction of sp³-hybridized carbons (Fsp3) is 0.368. The van der Waals surface area contributed by atoms with Gasteiger partial charge in [-0.1, -0.05) is 36.4 Å². The molecule has 0 aromatic heterocycles. The van der Waals surface area contributed by atoms with Crippen molar-refractivity contribution in [3.05, 3.63) is 59.7 Å². The van der Waals surface area contributed by atoms with Crippen molar-refractivity contribution in [2.75, 3.05) is 0 Å². The molecule has 6 heteroatoms. The molecule has 0 radical (unpaired) electrons. The molecule has 0 atom stereocenters. The third-order valence-electron chi connectivity index (χ3n) is 4.07. The zero-order valence-electron chi connectivity index (χ0n) is 13.8. The summed E-state index contributed by atoms with van der Waals surface area (Å²) in [5.41, 5.74) is 1.52. The standard InChI is InChI=1S/C19H19F3O3/c1-13-7-8-15(11-18(13)25-19(20,21)22)24-17-9-16(10-17)23-12-14-5-3-2-4-6-14/h2-8,11,16-17H,9-10,12H2,1H3/t16-,17-. The van der Waals surface area contributed by atoms with Crippen LogP contribution in [0.3, 0.4) is 0 Å². The molecule has 2 aromatic rings. The lowest BCUT2D eigenvalue weighted by Crippen LogP contribution is -2.39. The molecule has 134 valence electrons. The number of ether oxygens (including phenoxy) is 3. The van der Waals surface area contributed by atoms with Crippen LogP contribution in [0.4, 0.5) is 13.2 Å². The summed E-state index contributed by atoms with van der Waals surface area (Å²) in [5.74, 6) is 0.137. The quantitative estimate of drug-likeness (QED) is 0.731. The summed E-state index contributed by atoms with van der Waals surface area (Å²) in [6.45, 7) is 2.11. The molecule has 0 N–H and O–H groups in total. The molecule has 0 heterocycles. The highest BCUT2D eigenvalue weighted by atomic mass is 19.4. The SMILES string of the molecule is Cc1ccc(O[C@H]2C[C@H](OCc3ccccc3)C2)cc1OC(F)(F)F. The van der Waals surface area contributed by atoms with Crippen molar-refractivity contribution in [2.24, 2.45) is 0 Å². The highest BCUT2D eigenvalue weighted by Gasteiger charge is 2.33. The molecule has 1 aliphatic rings. The second-order valence-corrected chi connectivity index (χ2v) is 6.10. The molecule has 0 amide bonds. The maximum absolute atomic E-state index is 12.4. The Morgan fingerprint density at radius 2 is 1.72 bits per heavy atom. The van der Waals surface area contributed by atoms with Crippen molar-refractivity contribution in [3.8, 4) is 11.5 Å². The first-order valence-corrected chi connectivity index (χ1v) is 8.07. The molecule has 3 rings (SSSR count). The monoisotopic (exact) mass is 352 g/mol. The molecular weight excluding hydrogens is 333 g/mol. The molecule has 0 saturated heterocycles. The van der Waals surface area contributed by atoms with E-state index in [9.17, 15) is 13.2 Å². The summed E-state index contributed by atoms with van der Waals surface area (Å²) in [7, 11) is 0. The molecule has 0 unspecified atom stereocenters. The van der Waals surface area contributed by atoms with Gasteiger partial charge in [-0.2, -0.15) is 0 Å². The summed E-state index contributed by atoms with van der Waals surface area (Å²) in [5, 5.41) is 0. The van der Waals surface area contributed by atoms with Crippen molar-refractivity contribution in [2.45, 2.75) is 44.9 Å². The average Bonchev–Trinajstić information content (AvgIpc) is 2.52. The van der Waals surface area contributed by atoms with Crippen molar-refractivity contribution in [3.63, 3.8) is 0 Å². The fourth-order valence-electron chi connectivity index (χ4n) is 2.62. The number of halogens is 3. The second-order valence-electron chi connectivity index (χ2n) is 6.10. The predicted molar refractivity (Wildman–Crippen MR) is 86.5 cm³/mol. The van der Waals surface area contributed by atoms with Gasteiger partial charge in [0.2, 0.25) is 0 Å². The first-order valence-electron chi connectivity index (χ1n) is 8.07. The number of alkyl halides is 3. The average molecular weight is 352 g/mol. The van der Waals surface area contributed by atoms with Crippen LogP contribution < -0.4 is 9.47 Å². The predicted octanol–water partition coefficient (Wildman–Crippen LogP) is 5.02. The van der Waals surface area contributed by atoms with E-state index in [4.69, 9.17) is 9.47 Å². The van der Waals surface area contributed by atoms with E-state index in [0.717, 1.165) is 18.4 Å². The van der Waals surface area contributed by atoms with Crippen LogP contribution in [-0.4, -0.2) is 18.6 Å². The van der Waals surface area contributed by atoms with Gasteiger partial charge in [0.25, 0.3) is 0 Å². The number of rotatable bonds is 6. The topological polar surface area (TPSA) is 27.7 Å². The third kappa shape index (κ3) is 5.13. The van der Waals surface area contributed by atoms with Gasteiger partial charge in [0.05, 0.1) is 12.7 Å². The van der Waals surface area contributed by atoms with E-state index in [2.05, 4.69) is 4.74 Å². The van der Waals surface area contributed by atoms with Gasteiger partial charge in [-0.3, -0.25) is 0 Å². The van der Waals surface area contributed by atoms with Crippen LogP contribution in [0.5, 0.6) is 11.5 Å². The van der Waals surface area contributed by atoms with Gasteiger partial charge in [0, 0.05) is 18.9 Å². The van der Waals surface area contributed by atoms with E-state index in [1.807, 2.05) is 30.3 Å². The van der Waals surface area contributed by atoms with Crippen molar-refractivity contribution < 1.29 is 27.4 Å². The summed E-state index contributed by atoms with van der Waals surface area (Å²) in [6, 6.07) is 14.4. The number of benzene rings is 2. The zero-order valence-corrected chi connectivity index (χ0v) is 13.8. The molecule has 0 bridgehead atoms. The van der Waals surface area contributed by atoms with E-state index in [1.165, 1.54) is 6.07 Å². The summed E-state index contributed by atoms with van der Waals surface area (Å²) in [4.78, 5) is 0.